The van der Waals surface area contributed by atoms with Gasteiger partial charge in [0.1, 0.15) is 0 Å². The number of piperidine rings is 1. The molecule has 0 aliphatic carbocycles. The third-order valence-electron chi connectivity index (χ3n) is 4.72. The summed E-state index contributed by atoms with van der Waals surface area (Å²) >= 11 is 0. The summed E-state index contributed by atoms with van der Waals surface area (Å²) < 4.78 is 35.4. The van der Waals surface area contributed by atoms with Gasteiger partial charge in [0.05, 0.1) is 6.26 Å². The number of nitrogens with zero attached hydrogens (tertiary/aromatic N) is 2. The summed E-state index contributed by atoms with van der Waals surface area (Å²) in [5.74, 6) is 2.71. The summed E-state index contributed by atoms with van der Waals surface area (Å²) in [4.78, 5) is 4.25. The molecular formula is C17H27IN4O4S. The highest BCUT2D eigenvalue weighted by atomic mass is 127. The minimum Gasteiger partial charge on any atom is -0.454 e. The predicted molar refractivity (Wildman–Crippen MR) is 115 cm³/mol. The van der Waals surface area contributed by atoms with Gasteiger partial charge in [-0.3, -0.25) is 4.99 Å². The van der Waals surface area contributed by atoms with Gasteiger partial charge in [-0.05, 0) is 36.5 Å². The third-order valence-corrected chi connectivity index (χ3v) is 6.02. The molecule has 152 valence electrons. The fourth-order valence-corrected chi connectivity index (χ4v) is 4.02. The van der Waals surface area contributed by atoms with E-state index in [9.17, 15) is 8.42 Å². The van der Waals surface area contributed by atoms with E-state index < -0.39 is 10.0 Å². The number of guanidine groups is 1. The smallest absolute Gasteiger partial charge is 0.231 e. The molecule has 2 aliphatic rings. The van der Waals surface area contributed by atoms with Crippen LogP contribution in [-0.2, 0) is 16.6 Å². The molecule has 0 atom stereocenters. The van der Waals surface area contributed by atoms with Crippen LogP contribution in [-0.4, -0.2) is 58.4 Å². The van der Waals surface area contributed by atoms with Gasteiger partial charge in [-0.2, -0.15) is 0 Å². The van der Waals surface area contributed by atoms with E-state index in [1.54, 1.807) is 11.4 Å². The molecule has 3 rings (SSSR count). The Hall–Kier alpha value is -1.27. The van der Waals surface area contributed by atoms with Crippen LogP contribution in [0, 0.1) is 5.92 Å². The van der Waals surface area contributed by atoms with Crippen LogP contribution in [0.2, 0.25) is 0 Å². The van der Waals surface area contributed by atoms with Crippen molar-refractivity contribution in [2.24, 2.45) is 10.9 Å². The lowest BCUT2D eigenvalue weighted by atomic mass is 9.98. The van der Waals surface area contributed by atoms with Crippen molar-refractivity contribution in [1.82, 2.24) is 14.9 Å². The van der Waals surface area contributed by atoms with Crippen molar-refractivity contribution in [3.8, 4) is 11.5 Å². The Morgan fingerprint density at radius 3 is 2.59 bits per heavy atom. The highest BCUT2D eigenvalue weighted by molar-refractivity contribution is 14.0. The molecule has 2 N–H and O–H groups in total. The number of aliphatic imine (C=N–C) groups is 1. The van der Waals surface area contributed by atoms with Crippen molar-refractivity contribution < 1.29 is 17.9 Å². The van der Waals surface area contributed by atoms with Crippen molar-refractivity contribution in [2.75, 3.05) is 39.7 Å². The van der Waals surface area contributed by atoms with E-state index in [1.165, 1.54) is 6.26 Å². The molecule has 8 nitrogen and oxygen atoms in total. The van der Waals surface area contributed by atoms with Gasteiger partial charge in [0.2, 0.25) is 16.8 Å². The molecule has 0 saturated carbocycles. The summed E-state index contributed by atoms with van der Waals surface area (Å²) in [5, 5.41) is 6.62. The van der Waals surface area contributed by atoms with Crippen LogP contribution in [0.25, 0.3) is 0 Å². The first kappa shape index (κ1) is 22.0. The lowest BCUT2D eigenvalue weighted by Crippen LogP contribution is -2.43. The van der Waals surface area contributed by atoms with Crippen LogP contribution in [0.1, 0.15) is 18.4 Å². The van der Waals surface area contributed by atoms with Crippen LogP contribution >= 0.6 is 24.0 Å². The van der Waals surface area contributed by atoms with Crippen LogP contribution < -0.4 is 20.1 Å². The van der Waals surface area contributed by atoms with Gasteiger partial charge in [-0.15, -0.1) is 24.0 Å². The number of rotatable bonds is 5. The second kappa shape index (κ2) is 9.78. The number of halogens is 1. The number of benzene rings is 1. The Bertz CT molecular complexity index is 764. The minimum absolute atomic E-state index is 0. The summed E-state index contributed by atoms with van der Waals surface area (Å²) in [6.07, 6.45) is 2.99. The molecule has 0 aromatic heterocycles. The molecule has 1 aromatic rings. The number of ether oxygens (including phenoxy) is 2. The Labute approximate surface area is 177 Å². The lowest BCUT2D eigenvalue weighted by Gasteiger charge is -2.30. The second-order valence-corrected chi connectivity index (χ2v) is 8.58. The molecule has 10 heteroatoms. The molecule has 1 fully saturated rings. The molecule has 2 aliphatic heterocycles. The number of hydrogen-bond acceptors (Lipinski definition) is 5. The molecule has 0 unspecified atom stereocenters. The third kappa shape index (κ3) is 6.11. The SMILES string of the molecule is CN=C(NCc1ccc2c(c1)OCO2)NCC1CCN(S(C)(=O)=O)CC1.I. The monoisotopic (exact) mass is 510 g/mol. The van der Waals surface area contributed by atoms with E-state index >= 15 is 0 Å². The van der Waals surface area contributed by atoms with Gasteiger partial charge in [0.15, 0.2) is 17.5 Å². The van der Waals surface area contributed by atoms with E-state index in [2.05, 4.69) is 15.6 Å². The molecule has 1 aromatic carbocycles. The molecule has 0 spiro atoms. The predicted octanol–water partition coefficient (Wildman–Crippen LogP) is 1.37. The Morgan fingerprint density at radius 1 is 1.22 bits per heavy atom. The molecule has 27 heavy (non-hydrogen) atoms. The maximum Gasteiger partial charge on any atom is 0.231 e. The maximum atomic E-state index is 11.6. The maximum absolute atomic E-state index is 11.6. The Balaban J connectivity index is 0.00000261. The molecule has 0 bridgehead atoms. The summed E-state index contributed by atoms with van der Waals surface area (Å²) in [6, 6.07) is 5.86. The number of fused-ring (bicyclic) bond motifs is 1. The van der Waals surface area contributed by atoms with Gasteiger partial charge in [-0.25, -0.2) is 12.7 Å². The fraction of sp³-hybridized carbons (Fsp3) is 0.588. The highest BCUT2D eigenvalue weighted by Crippen LogP contribution is 2.32. The average molecular weight is 510 g/mol. The topological polar surface area (TPSA) is 92.3 Å². The zero-order valence-electron chi connectivity index (χ0n) is 15.6. The van der Waals surface area contributed by atoms with E-state index in [0.29, 0.717) is 25.6 Å². The van der Waals surface area contributed by atoms with Crippen molar-refractivity contribution in [2.45, 2.75) is 19.4 Å². The Morgan fingerprint density at radius 2 is 1.93 bits per heavy atom. The molecule has 0 radical (unpaired) electrons. The molecule has 1 saturated heterocycles. The fourth-order valence-electron chi connectivity index (χ4n) is 3.14. The van der Waals surface area contributed by atoms with E-state index in [0.717, 1.165) is 42.4 Å². The van der Waals surface area contributed by atoms with E-state index in [4.69, 9.17) is 9.47 Å². The number of hydrogen-bond donors (Lipinski definition) is 2. The minimum atomic E-state index is -3.07. The second-order valence-electron chi connectivity index (χ2n) is 6.60. The molecule has 0 amide bonds. The summed E-state index contributed by atoms with van der Waals surface area (Å²) in [5.41, 5.74) is 1.08. The zero-order valence-corrected chi connectivity index (χ0v) is 18.7. The zero-order chi connectivity index (χ0) is 18.6. The van der Waals surface area contributed by atoms with Crippen molar-refractivity contribution >= 4 is 40.0 Å². The van der Waals surface area contributed by atoms with Gasteiger partial charge >= 0.3 is 0 Å². The van der Waals surface area contributed by atoms with Gasteiger partial charge in [-0.1, -0.05) is 6.07 Å². The summed E-state index contributed by atoms with van der Waals surface area (Å²) in [7, 11) is -1.33. The molecular weight excluding hydrogens is 483 g/mol. The van der Waals surface area contributed by atoms with Gasteiger partial charge < -0.3 is 20.1 Å². The van der Waals surface area contributed by atoms with Crippen molar-refractivity contribution in [1.29, 1.82) is 0 Å². The first-order valence-corrected chi connectivity index (χ1v) is 10.6. The van der Waals surface area contributed by atoms with E-state index in [1.807, 2.05) is 18.2 Å². The average Bonchev–Trinajstić information content (AvgIpc) is 3.09. The van der Waals surface area contributed by atoms with Crippen LogP contribution in [0.5, 0.6) is 11.5 Å². The number of sulfonamides is 1. The van der Waals surface area contributed by atoms with Crippen LogP contribution in [0.3, 0.4) is 0 Å². The van der Waals surface area contributed by atoms with E-state index in [-0.39, 0.29) is 30.8 Å². The lowest BCUT2D eigenvalue weighted by molar-refractivity contribution is 0.174. The van der Waals surface area contributed by atoms with Crippen LogP contribution in [0.15, 0.2) is 23.2 Å². The van der Waals surface area contributed by atoms with Gasteiger partial charge in [0, 0.05) is 33.2 Å². The van der Waals surface area contributed by atoms with Crippen molar-refractivity contribution in [3.63, 3.8) is 0 Å². The van der Waals surface area contributed by atoms with Gasteiger partial charge in [0.25, 0.3) is 0 Å². The highest BCUT2D eigenvalue weighted by Gasteiger charge is 2.24. The first-order chi connectivity index (χ1) is 12.5. The Kier molecular flexibility index (Phi) is 7.98. The molecule has 2 heterocycles. The quantitative estimate of drug-likeness (QED) is 0.353. The largest absolute Gasteiger partial charge is 0.454 e. The summed E-state index contributed by atoms with van der Waals surface area (Å²) in [6.45, 7) is 2.86. The number of nitrogens with one attached hydrogen (secondary N) is 2. The first-order valence-electron chi connectivity index (χ1n) is 8.74. The van der Waals surface area contributed by atoms with Crippen LogP contribution in [0.4, 0.5) is 0 Å². The standard InChI is InChI=1S/C17H26N4O4S.HI/c1-18-17(19-10-13-5-7-21(8-6-13)26(2,22)23)20-11-14-3-4-15-16(9-14)25-12-24-15;/h3-4,9,13H,5-8,10-12H2,1-2H3,(H2,18,19,20);1H. The van der Waals surface area contributed by atoms with Crippen molar-refractivity contribution in [3.05, 3.63) is 23.8 Å². The normalized spacial score (nSPS) is 18.1.